The molecule has 0 fully saturated rings. The van der Waals surface area contributed by atoms with Crippen LogP contribution in [0.1, 0.15) is 23.7 Å². The van der Waals surface area contributed by atoms with Crippen LogP contribution in [0.5, 0.6) is 0 Å². The van der Waals surface area contributed by atoms with Gasteiger partial charge >= 0.3 is 0 Å². The van der Waals surface area contributed by atoms with Gasteiger partial charge in [0.05, 0.1) is 4.34 Å². The monoisotopic (exact) mass is 200 g/mol. The van der Waals surface area contributed by atoms with Gasteiger partial charge in [0, 0.05) is 17.4 Å². The minimum Gasteiger partial charge on any atom is -0.294 e. The number of ketones is 1. The van der Waals surface area contributed by atoms with Crippen LogP contribution >= 0.6 is 22.9 Å². The Hall–Kier alpha value is -0.600. The lowest BCUT2D eigenvalue weighted by molar-refractivity contribution is 0.0993. The Labute approximate surface area is 80.7 Å². The van der Waals surface area contributed by atoms with Gasteiger partial charge in [-0.05, 0) is 13.0 Å². The van der Waals surface area contributed by atoms with Gasteiger partial charge in [0.2, 0.25) is 0 Å². The van der Waals surface area contributed by atoms with Crippen LogP contribution in [-0.4, -0.2) is 5.78 Å². The standard InChI is InChI=1S/C9H9ClOS/c1-6(2)3-8(11)7-4-9(10)12-5-7/h4-5H,1,3H2,2H3. The summed E-state index contributed by atoms with van der Waals surface area (Å²) in [6.45, 7) is 5.52. The number of thiophene rings is 1. The highest BCUT2D eigenvalue weighted by atomic mass is 35.5. The first kappa shape index (κ1) is 9.49. The normalized spacial score (nSPS) is 9.83. The Morgan fingerprint density at radius 2 is 2.42 bits per heavy atom. The topological polar surface area (TPSA) is 17.1 Å². The largest absolute Gasteiger partial charge is 0.294 e. The predicted molar refractivity (Wildman–Crippen MR) is 53.1 cm³/mol. The molecule has 0 saturated carbocycles. The number of Topliss-reactive ketones (excluding diaryl/α,β-unsaturated/α-hetero) is 1. The van der Waals surface area contributed by atoms with Crippen molar-refractivity contribution in [1.29, 1.82) is 0 Å². The average Bonchev–Trinajstić information content (AvgIpc) is 2.34. The third-order valence-corrected chi connectivity index (χ3v) is 2.44. The lowest BCUT2D eigenvalue weighted by Crippen LogP contribution is -1.96. The van der Waals surface area contributed by atoms with Crippen molar-refractivity contribution in [1.82, 2.24) is 0 Å². The Balaban J connectivity index is 2.72. The van der Waals surface area contributed by atoms with Crippen LogP contribution in [0.2, 0.25) is 4.34 Å². The molecule has 0 aliphatic carbocycles. The van der Waals surface area contributed by atoms with Gasteiger partial charge in [-0.1, -0.05) is 23.8 Å². The van der Waals surface area contributed by atoms with E-state index in [0.717, 1.165) is 5.57 Å². The maximum atomic E-state index is 11.4. The lowest BCUT2D eigenvalue weighted by Gasteiger charge is -1.94. The zero-order valence-electron chi connectivity index (χ0n) is 6.76. The lowest BCUT2D eigenvalue weighted by atomic mass is 10.1. The summed E-state index contributed by atoms with van der Waals surface area (Å²) in [5.74, 6) is 0.0886. The molecule has 0 atom stereocenters. The molecule has 0 saturated heterocycles. The molecule has 1 heterocycles. The second kappa shape index (κ2) is 3.87. The van der Waals surface area contributed by atoms with E-state index < -0.39 is 0 Å². The van der Waals surface area contributed by atoms with Gasteiger partial charge in [0.25, 0.3) is 0 Å². The Morgan fingerprint density at radius 3 is 2.83 bits per heavy atom. The fourth-order valence-corrected chi connectivity index (χ4v) is 1.72. The van der Waals surface area contributed by atoms with Crippen LogP contribution in [-0.2, 0) is 0 Å². The molecule has 1 aromatic rings. The van der Waals surface area contributed by atoms with E-state index in [1.807, 2.05) is 6.92 Å². The van der Waals surface area contributed by atoms with Gasteiger partial charge < -0.3 is 0 Å². The van der Waals surface area contributed by atoms with Crippen molar-refractivity contribution < 1.29 is 4.79 Å². The van der Waals surface area contributed by atoms with Gasteiger partial charge in [0.1, 0.15) is 0 Å². The molecule has 1 aromatic heterocycles. The van der Waals surface area contributed by atoms with E-state index >= 15 is 0 Å². The molecule has 0 aliphatic rings. The number of halogens is 1. The highest BCUT2D eigenvalue weighted by molar-refractivity contribution is 7.14. The van der Waals surface area contributed by atoms with Gasteiger partial charge in [0.15, 0.2) is 5.78 Å². The van der Waals surface area contributed by atoms with Crippen molar-refractivity contribution in [2.24, 2.45) is 0 Å². The molecule has 1 nitrogen and oxygen atoms in total. The van der Waals surface area contributed by atoms with E-state index in [-0.39, 0.29) is 5.78 Å². The molecule has 0 bridgehead atoms. The van der Waals surface area contributed by atoms with Gasteiger partial charge in [-0.3, -0.25) is 4.79 Å². The third kappa shape index (κ3) is 2.47. The molecule has 1 rings (SSSR count). The van der Waals surface area contributed by atoms with Crippen molar-refractivity contribution in [3.8, 4) is 0 Å². The quantitative estimate of drug-likeness (QED) is 0.539. The first-order valence-electron chi connectivity index (χ1n) is 3.51. The SMILES string of the molecule is C=C(C)CC(=O)c1csc(Cl)c1. The molecular weight excluding hydrogens is 192 g/mol. The van der Waals surface area contributed by atoms with E-state index in [2.05, 4.69) is 6.58 Å². The second-order valence-electron chi connectivity index (χ2n) is 2.70. The van der Waals surface area contributed by atoms with Crippen LogP contribution in [0, 0.1) is 0 Å². The van der Waals surface area contributed by atoms with E-state index in [0.29, 0.717) is 16.3 Å². The number of allylic oxidation sites excluding steroid dienone is 1. The molecule has 0 aromatic carbocycles. The molecule has 0 spiro atoms. The van der Waals surface area contributed by atoms with E-state index in [1.165, 1.54) is 11.3 Å². The van der Waals surface area contributed by atoms with Crippen LogP contribution in [0.15, 0.2) is 23.6 Å². The first-order valence-corrected chi connectivity index (χ1v) is 4.77. The van der Waals surface area contributed by atoms with Crippen LogP contribution in [0.4, 0.5) is 0 Å². The summed E-state index contributed by atoms with van der Waals surface area (Å²) in [6.07, 6.45) is 0.410. The second-order valence-corrected chi connectivity index (χ2v) is 4.24. The number of carbonyl (C=O) groups is 1. The van der Waals surface area contributed by atoms with Crippen molar-refractivity contribution in [3.05, 3.63) is 33.5 Å². The zero-order chi connectivity index (χ0) is 9.14. The molecule has 0 aliphatic heterocycles. The molecule has 3 heteroatoms. The summed E-state index contributed by atoms with van der Waals surface area (Å²) in [4.78, 5) is 11.4. The van der Waals surface area contributed by atoms with Crippen molar-refractivity contribution in [2.75, 3.05) is 0 Å². The predicted octanol–water partition coefficient (Wildman–Crippen LogP) is 3.55. The van der Waals surface area contributed by atoms with E-state index in [1.54, 1.807) is 11.4 Å². The molecule has 0 N–H and O–H groups in total. The molecule has 0 radical (unpaired) electrons. The summed E-state index contributed by atoms with van der Waals surface area (Å²) in [5.41, 5.74) is 1.57. The van der Waals surface area contributed by atoms with E-state index in [9.17, 15) is 4.79 Å². The fourth-order valence-electron chi connectivity index (χ4n) is 0.832. The fraction of sp³-hybridized carbons (Fsp3) is 0.222. The van der Waals surface area contributed by atoms with Crippen molar-refractivity contribution in [2.45, 2.75) is 13.3 Å². The summed E-state index contributed by atoms with van der Waals surface area (Å²) >= 11 is 7.06. The first-order chi connectivity index (χ1) is 5.59. The summed E-state index contributed by atoms with van der Waals surface area (Å²) in [5, 5.41) is 1.77. The summed E-state index contributed by atoms with van der Waals surface area (Å²) in [7, 11) is 0. The zero-order valence-corrected chi connectivity index (χ0v) is 8.34. The van der Waals surface area contributed by atoms with Gasteiger partial charge in [-0.2, -0.15) is 0 Å². The molecule has 12 heavy (non-hydrogen) atoms. The number of carbonyl (C=O) groups excluding carboxylic acids is 1. The van der Waals surface area contributed by atoms with E-state index in [4.69, 9.17) is 11.6 Å². The Bertz CT molecular complexity index is 314. The minimum absolute atomic E-state index is 0.0886. The Morgan fingerprint density at radius 1 is 1.75 bits per heavy atom. The van der Waals surface area contributed by atoms with Crippen LogP contribution < -0.4 is 0 Å². The molecule has 0 unspecified atom stereocenters. The molecule has 0 amide bonds. The highest BCUT2D eigenvalue weighted by Gasteiger charge is 2.07. The summed E-state index contributed by atoms with van der Waals surface area (Å²) < 4.78 is 0.653. The van der Waals surface area contributed by atoms with Gasteiger partial charge in [-0.25, -0.2) is 0 Å². The number of rotatable bonds is 3. The third-order valence-electron chi connectivity index (χ3n) is 1.35. The van der Waals surface area contributed by atoms with Crippen LogP contribution in [0.3, 0.4) is 0 Å². The minimum atomic E-state index is 0.0886. The average molecular weight is 201 g/mol. The van der Waals surface area contributed by atoms with Crippen LogP contribution in [0.25, 0.3) is 0 Å². The van der Waals surface area contributed by atoms with Crippen molar-refractivity contribution >= 4 is 28.7 Å². The smallest absolute Gasteiger partial charge is 0.167 e. The van der Waals surface area contributed by atoms with Gasteiger partial charge in [-0.15, -0.1) is 11.3 Å². The summed E-state index contributed by atoms with van der Waals surface area (Å²) in [6, 6.07) is 1.69. The maximum Gasteiger partial charge on any atom is 0.167 e. The maximum absolute atomic E-state index is 11.4. The molecular formula is C9H9ClOS. The van der Waals surface area contributed by atoms with Crippen molar-refractivity contribution in [3.63, 3.8) is 0 Å². The number of hydrogen-bond acceptors (Lipinski definition) is 2. The number of hydrogen-bond donors (Lipinski definition) is 0. The Kier molecular flexibility index (Phi) is 3.06. The highest BCUT2D eigenvalue weighted by Crippen LogP contribution is 2.21. The molecule has 64 valence electrons.